The van der Waals surface area contributed by atoms with Gasteiger partial charge in [0.2, 0.25) is 21.8 Å². The summed E-state index contributed by atoms with van der Waals surface area (Å²) in [6.07, 6.45) is 1.68. The van der Waals surface area contributed by atoms with Crippen molar-refractivity contribution in [2.45, 2.75) is 53.5 Å². The summed E-state index contributed by atoms with van der Waals surface area (Å²) in [5, 5.41) is 0. The molecule has 0 bridgehead atoms. The largest absolute Gasteiger partial charge is 0.281 e. The van der Waals surface area contributed by atoms with Gasteiger partial charge in [-0.05, 0) is 10.8 Å². The Morgan fingerprint density at radius 1 is 1.19 bits per heavy atom. The number of sulfonamides is 1. The zero-order valence-electron chi connectivity index (χ0n) is 13.7. The maximum absolute atomic E-state index is 12.2. The van der Waals surface area contributed by atoms with Crippen LogP contribution in [0.15, 0.2) is 0 Å². The highest BCUT2D eigenvalue weighted by atomic mass is 32.2. The van der Waals surface area contributed by atoms with Gasteiger partial charge >= 0.3 is 0 Å². The van der Waals surface area contributed by atoms with Crippen molar-refractivity contribution in [3.63, 3.8) is 0 Å². The van der Waals surface area contributed by atoms with Crippen LogP contribution in [0.1, 0.15) is 47.5 Å². The average molecular weight is 318 g/mol. The molecular formula is C14H26N2O4S. The number of likely N-dealkylation sites (tertiary alicyclic amines) is 1. The molecule has 1 aliphatic heterocycles. The number of hydrogen-bond donors (Lipinski definition) is 1. The highest BCUT2D eigenvalue weighted by Crippen LogP contribution is 2.32. The standard InChI is InChI=1S/C14H26N2O4S/c1-13(2,3)10(15-21(6,19)20)9-16-11(17)7-14(4,5)8-12(16)18/h10,15H,7-9H2,1-6H3/t10-/m1/s1. The Kier molecular flexibility index (Phi) is 4.90. The summed E-state index contributed by atoms with van der Waals surface area (Å²) in [7, 11) is -3.41. The minimum Gasteiger partial charge on any atom is -0.281 e. The van der Waals surface area contributed by atoms with Crippen LogP contribution in [0.3, 0.4) is 0 Å². The molecule has 1 fully saturated rings. The van der Waals surface area contributed by atoms with E-state index in [2.05, 4.69) is 4.72 Å². The minimum atomic E-state index is -3.41. The third kappa shape index (κ3) is 5.39. The quantitative estimate of drug-likeness (QED) is 0.788. The first-order valence-corrected chi connectivity index (χ1v) is 8.91. The molecule has 0 unspecified atom stereocenters. The number of carbonyl (C=O) groups excluding carboxylic acids is 2. The van der Waals surface area contributed by atoms with Gasteiger partial charge in [0.15, 0.2) is 0 Å². The van der Waals surface area contributed by atoms with Crippen LogP contribution in [-0.2, 0) is 19.6 Å². The van der Waals surface area contributed by atoms with Gasteiger partial charge in [-0.1, -0.05) is 34.6 Å². The van der Waals surface area contributed by atoms with Crippen molar-refractivity contribution in [1.29, 1.82) is 0 Å². The van der Waals surface area contributed by atoms with E-state index in [1.165, 1.54) is 4.90 Å². The molecule has 1 heterocycles. The Balaban J connectivity index is 2.94. The average Bonchev–Trinajstić information content (AvgIpc) is 2.16. The van der Waals surface area contributed by atoms with Gasteiger partial charge in [-0.15, -0.1) is 0 Å². The van der Waals surface area contributed by atoms with Gasteiger partial charge in [0.1, 0.15) is 0 Å². The van der Waals surface area contributed by atoms with Crippen LogP contribution in [-0.4, -0.2) is 44.0 Å². The second kappa shape index (κ2) is 5.68. The summed E-state index contributed by atoms with van der Waals surface area (Å²) in [4.78, 5) is 25.5. The first kappa shape index (κ1) is 18.1. The fourth-order valence-corrected chi connectivity index (χ4v) is 3.29. The van der Waals surface area contributed by atoms with Crippen molar-refractivity contribution in [2.24, 2.45) is 10.8 Å². The molecule has 2 amide bonds. The first-order valence-electron chi connectivity index (χ1n) is 7.02. The Labute approximate surface area is 127 Å². The lowest BCUT2D eigenvalue weighted by atomic mass is 9.80. The molecule has 1 saturated heterocycles. The summed E-state index contributed by atoms with van der Waals surface area (Å²) < 4.78 is 25.5. The van der Waals surface area contributed by atoms with Crippen LogP contribution >= 0.6 is 0 Å². The number of piperidine rings is 1. The third-order valence-electron chi connectivity index (χ3n) is 3.63. The molecule has 1 atom stereocenters. The van der Waals surface area contributed by atoms with E-state index in [0.29, 0.717) is 12.8 Å². The zero-order chi connectivity index (χ0) is 16.6. The molecule has 0 radical (unpaired) electrons. The topological polar surface area (TPSA) is 83.6 Å². The fraction of sp³-hybridized carbons (Fsp3) is 0.857. The molecular weight excluding hydrogens is 292 g/mol. The van der Waals surface area contributed by atoms with Gasteiger partial charge < -0.3 is 0 Å². The number of nitrogens with zero attached hydrogens (tertiary/aromatic N) is 1. The van der Waals surface area contributed by atoms with E-state index in [1.54, 1.807) is 0 Å². The fourth-order valence-electron chi connectivity index (χ4n) is 2.34. The first-order chi connectivity index (χ1) is 9.21. The number of imide groups is 1. The van der Waals surface area contributed by atoms with Gasteiger partial charge in [-0.2, -0.15) is 0 Å². The molecule has 1 aliphatic rings. The van der Waals surface area contributed by atoms with Crippen molar-refractivity contribution >= 4 is 21.8 Å². The second-order valence-electron chi connectivity index (χ2n) is 7.72. The Morgan fingerprint density at radius 2 is 1.62 bits per heavy atom. The van der Waals surface area contributed by atoms with Gasteiger partial charge in [0.05, 0.1) is 6.26 Å². The Hall–Kier alpha value is -0.950. The van der Waals surface area contributed by atoms with E-state index >= 15 is 0 Å². The van der Waals surface area contributed by atoms with E-state index in [4.69, 9.17) is 0 Å². The van der Waals surface area contributed by atoms with Gasteiger partial charge in [0.25, 0.3) is 0 Å². The summed E-state index contributed by atoms with van der Waals surface area (Å²) in [6.45, 7) is 9.46. The number of amides is 2. The van der Waals surface area contributed by atoms with Crippen molar-refractivity contribution in [3.05, 3.63) is 0 Å². The van der Waals surface area contributed by atoms with Crippen molar-refractivity contribution < 1.29 is 18.0 Å². The predicted octanol–water partition coefficient (Wildman–Crippen LogP) is 1.13. The van der Waals surface area contributed by atoms with E-state index in [0.717, 1.165) is 6.26 Å². The number of hydrogen-bond acceptors (Lipinski definition) is 4. The van der Waals surface area contributed by atoms with Gasteiger partial charge in [-0.3, -0.25) is 14.5 Å². The molecule has 0 aliphatic carbocycles. The molecule has 21 heavy (non-hydrogen) atoms. The van der Waals surface area contributed by atoms with Crippen molar-refractivity contribution in [1.82, 2.24) is 9.62 Å². The molecule has 1 N–H and O–H groups in total. The lowest BCUT2D eigenvalue weighted by molar-refractivity contribution is -0.153. The lowest BCUT2D eigenvalue weighted by Gasteiger charge is -2.39. The zero-order valence-corrected chi connectivity index (χ0v) is 14.5. The van der Waals surface area contributed by atoms with Gasteiger partial charge in [-0.25, -0.2) is 13.1 Å². The number of rotatable bonds is 4. The monoisotopic (exact) mass is 318 g/mol. The SMILES string of the molecule is CC1(C)CC(=O)N(C[C@@H](NS(C)(=O)=O)C(C)(C)C)C(=O)C1. The van der Waals surface area contributed by atoms with Crippen LogP contribution < -0.4 is 4.72 Å². The van der Waals surface area contributed by atoms with E-state index in [-0.39, 0.29) is 23.8 Å². The van der Waals surface area contributed by atoms with Crippen LogP contribution in [0.25, 0.3) is 0 Å². The molecule has 7 heteroatoms. The van der Waals surface area contributed by atoms with Crippen LogP contribution in [0.5, 0.6) is 0 Å². The number of nitrogens with one attached hydrogen (secondary N) is 1. The second-order valence-corrected chi connectivity index (χ2v) is 9.50. The Morgan fingerprint density at radius 3 is 1.95 bits per heavy atom. The molecule has 6 nitrogen and oxygen atoms in total. The number of carbonyl (C=O) groups is 2. The third-order valence-corrected chi connectivity index (χ3v) is 4.34. The van der Waals surface area contributed by atoms with Crippen molar-refractivity contribution in [2.75, 3.05) is 12.8 Å². The van der Waals surface area contributed by atoms with E-state index in [1.807, 2.05) is 34.6 Å². The normalized spacial score (nSPS) is 21.5. The molecule has 0 aromatic rings. The molecule has 1 rings (SSSR count). The van der Waals surface area contributed by atoms with Crippen LogP contribution in [0.4, 0.5) is 0 Å². The van der Waals surface area contributed by atoms with Gasteiger partial charge in [0, 0.05) is 25.4 Å². The summed E-state index contributed by atoms with van der Waals surface area (Å²) in [5.41, 5.74) is -0.733. The maximum Gasteiger partial charge on any atom is 0.229 e. The Bertz CT molecular complexity index is 512. The summed E-state index contributed by atoms with van der Waals surface area (Å²) in [6, 6.07) is -0.512. The van der Waals surface area contributed by atoms with Crippen LogP contribution in [0, 0.1) is 10.8 Å². The maximum atomic E-state index is 12.2. The molecule has 0 spiro atoms. The molecule has 0 aromatic heterocycles. The summed E-state index contributed by atoms with van der Waals surface area (Å²) in [5.74, 6) is -0.471. The molecule has 0 saturated carbocycles. The minimum absolute atomic E-state index is 0.0737. The van der Waals surface area contributed by atoms with Crippen molar-refractivity contribution in [3.8, 4) is 0 Å². The van der Waals surface area contributed by atoms with E-state index in [9.17, 15) is 18.0 Å². The highest BCUT2D eigenvalue weighted by molar-refractivity contribution is 7.88. The van der Waals surface area contributed by atoms with E-state index < -0.39 is 21.5 Å². The predicted molar refractivity (Wildman–Crippen MR) is 81.0 cm³/mol. The molecule has 122 valence electrons. The van der Waals surface area contributed by atoms with Crippen LogP contribution in [0.2, 0.25) is 0 Å². The summed E-state index contributed by atoms with van der Waals surface area (Å²) >= 11 is 0. The highest BCUT2D eigenvalue weighted by Gasteiger charge is 2.40. The molecule has 0 aromatic carbocycles. The lowest BCUT2D eigenvalue weighted by Crippen LogP contribution is -2.55. The smallest absolute Gasteiger partial charge is 0.229 e.